The number of carbonyl (C=O) groups excluding carboxylic acids is 1. The van der Waals surface area contributed by atoms with Crippen molar-refractivity contribution in [3.63, 3.8) is 0 Å². The maximum Gasteiger partial charge on any atom is 0.401 e. The molecule has 104 valence electrons. The summed E-state index contributed by atoms with van der Waals surface area (Å²) in [5.74, 6) is -2.09. The van der Waals surface area contributed by atoms with Crippen LogP contribution in [0.4, 0.5) is 13.2 Å². The number of halogens is 3. The van der Waals surface area contributed by atoms with Gasteiger partial charge in [0.25, 0.3) is 0 Å². The van der Waals surface area contributed by atoms with Gasteiger partial charge in [-0.3, -0.25) is 9.59 Å². The number of hydrogen-bond donors (Lipinski definition) is 2. The van der Waals surface area contributed by atoms with Crippen LogP contribution >= 0.6 is 0 Å². The fraction of sp³-hybridized carbons (Fsp3) is 0.800. The van der Waals surface area contributed by atoms with E-state index in [1.807, 2.05) is 5.32 Å². The third kappa shape index (κ3) is 4.91. The maximum atomic E-state index is 11.9. The first-order chi connectivity index (χ1) is 8.29. The fourth-order valence-corrected chi connectivity index (χ4v) is 1.83. The number of carboxylic acid groups (broad SMARTS) is 1. The van der Waals surface area contributed by atoms with Crippen LogP contribution in [0.5, 0.6) is 0 Å². The molecule has 0 spiro atoms. The van der Waals surface area contributed by atoms with Crippen LogP contribution in [0, 0.1) is 5.92 Å². The second kappa shape index (κ2) is 6.03. The Bertz CT molecular complexity index is 320. The molecular formula is C10H15F3N2O3. The Balaban J connectivity index is 2.35. The Hall–Kier alpha value is -1.31. The molecule has 1 saturated heterocycles. The van der Waals surface area contributed by atoms with Gasteiger partial charge in [0, 0.05) is 13.1 Å². The lowest BCUT2D eigenvalue weighted by molar-refractivity contribution is -0.145. The number of carbonyl (C=O) groups is 2. The molecule has 0 aromatic rings. The predicted molar refractivity (Wildman–Crippen MR) is 55.9 cm³/mol. The summed E-state index contributed by atoms with van der Waals surface area (Å²) in [5, 5.41) is 10.8. The van der Waals surface area contributed by atoms with E-state index in [4.69, 9.17) is 5.11 Å². The van der Waals surface area contributed by atoms with Crippen molar-refractivity contribution in [3.05, 3.63) is 0 Å². The first kappa shape index (κ1) is 14.7. The summed E-state index contributed by atoms with van der Waals surface area (Å²) < 4.78 is 35.6. The maximum absolute atomic E-state index is 11.9. The highest BCUT2D eigenvalue weighted by atomic mass is 19.4. The molecule has 1 atom stereocenters. The van der Waals surface area contributed by atoms with Crippen molar-refractivity contribution in [2.24, 2.45) is 5.92 Å². The van der Waals surface area contributed by atoms with Crippen LogP contribution in [0.15, 0.2) is 0 Å². The van der Waals surface area contributed by atoms with Crippen LogP contribution in [-0.2, 0) is 9.59 Å². The smallest absolute Gasteiger partial charge is 0.401 e. The molecule has 1 aliphatic rings. The van der Waals surface area contributed by atoms with E-state index in [1.54, 1.807) is 0 Å². The SMILES string of the molecule is O=C(O)C1CCCN(C(=O)CNCC(F)(F)F)C1. The van der Waals surface area contributed by atoms with Crippen molar-refractivity contribution in [1.82, 2.24) is 10.2 Å². The number of amides is 1. The molecule has 1 heterocycles. The largest absolute Gasteiger partial charge is 0.481 e. The molecule has 0 aliphatic carbocycles. The van der Waals surface area contributed by atoms with Crippen molar-refractivity contribution in [1.29, 1.82) is 0 Å². The van der Waals surface area contributed by atoms with Gasteiger partial charge in [-0.05, 0) is 12.8 Å². The highest BCUT2D eigenvalue weighted by Gasteiger charge is 2.29. The topological polar surface area (TPSA) is 69.6 Å². The van der Waals surface area contributed by atoms with Crippen molar-refractivity contribution < 1.29 is 27.9 Å². The molecule has 1 aliphatic heterocycles. The third-order valence-corrected chi connectivity index (χ3v) is 2.73. The normalized spacial score (nSPS) is 20.8. The number of nitrogens with zero attached hydrogens (tertiary/aromatic N) is 1. The monoisotopic (exact) mass is 268 g/mol. The summed E-state index contributed by atoms with van der Waals surface area (Å²) in [6.45, 7) is -1.18. The average molecular weight is 268 g/mol. The number of alkyl halides is 3. The number of hydrogen-bond acceptors (Lipinski definition) is 3. The van der Waals surface area contributed by atoms with Crippen LogP contribution in [0.1, 0.15) is 12.8 Å². The van der Waals surface area contributed by atoms with Crippen LogP contribution in [0.3, 0.4) is 0 Å². The Labute approximate surface area is 102 Å². The van der Waals surface area contributed by atoms with E-state index in [0.717, 1.165) is 0 Å². The van der Waals surface area contributed by atoms with Crippen LogP contribution < -0.4 is 5.32 Å². The van der Waals surface area contributed by atoms with Gasteiger partial charge >= 0.3 is 12.1 Å². The molecule has 0 aromatic carbocycles. The summed E-state index contributed by atoms with van der Waals surface area (Å²) in [5.41, 5.74) is 0. The minimum Gasteiger partial charge on any atom is -0.481 e. The molecule has 0 saturated carbocycles. The predicted octanol–water partition coefficient (Wildman–Crippen LogP) is 0.461. The Kier molecular flexibility index (Phi) is 4.94. The van der Waals surface area contributed by atoms with Crippen molar-refractivity contribution in [3.8, 4) is 0 Å². The van der Waals surface area contributed by atoms with E-state index in [9.17, 15) is 22.8 Å². The van der Waals surface area contributed by atoms with Gasteiger partial charge < -0.3 is 15.3 Å². The lowest BCUT2D eigenvalue weighted by Gasteiger charge is -2.30. The minimum absolute atomic E-state index is 0.0713. The molecule has 8 heteroatoms. The van der Waals surface area contributed by atoms with E-state index in [1.165, 1.54) is 4.90 Å². The van der Waals surface area contributed by atoms with E-state index >= 15 is 0 Å². The van der Waals surface area contributed by atoms with E-state index in [2.05, 4.69) is 0 Å². The summed E-state index contributed by atoms with van der Waals surface area (Å²) in [6.07, 6.45) is -3.30. The van der Waals surface area contributed by atoms with Gasteiger partial charge in [0.05, 0.1) is 19.0 Å². The van der Waals surface area contributed by atoms with Gasteiger partial charge in [-0.1, -0.05) is 0 Å². The van der Waals surface area contributed by atoms with Gasteiger partial charge in [0.15, 0.2) is 0 Å². The van der Waals surface area contributed by atoms with Crippen LogP contribution in [0.2, 0.25) is 0 Å². The molecular weight excluding hydrogens is 253 g/mol. The molecule has 1 amide bonds. The molecule has 2 N–H and O–H groups in total. The molecule has 1 unspecified atom stereocenters. The molecule has 5 nitrogen and oxygen atoms in total. The quantitative estimate of drug-likeness (QED) is 0.777. The number of piperidine rings is 1. The van der Waals surface area contributed by atoms with E-state index in [0.29, 0.717) is 19.4 Å². The first-order valence-electron chi connectivity index (χ1n) is 5.57. The average Bonchev–Trinajstić information content (AvgIpc) is 2.27. The van der Waals surface area contributed by atoms with Crippen LogP contribution in [-0.4, -0.2) is 54.2 Å². The summed E-state index contributed by atoms with van der Waals surface area (Å²) in [7, 11) is 0. The summed E-state index contributed by atoms with van der Waals surface area (Å²) in [4.78, 5) is 23.6. The Morgan fingerprint density at radius 1 is 1.39 bits per heavy atom. The lowest BCUT2D eigenvalue weighted by atomic mass is 9.98. The zero-order valence-electron chi connectivity index (χ0n) is 9.66. The highest BCUT2D eigenvalue weighted by molar-refractivity contribution is 5.79. The second-order valence-corrected chi connectivity index (χ2v) is 4.24. The molecule has 0 aromatic heterocycles. The van der Waals surface area contributed by atoms with Gasteiger partial charge in [-0.25, -0.2) is 0 Å². The van der Waals surface area contributed by atoms with Crippen molar-refractivity contribution >= 4 is 11.9 Å². The number of carboxylic acids is 1. The first-order valence-corrected chi connectivity index (χ1v) is 5.57. The third-order valence-electron chi connectivity index (χ3n) is 2.73. The minimum atomic E-state index is -4.36. The molecule has 1 fully saturated rings. The number of nitrogens with one attached hydrogen (secondary N) is 1. The Morgan fingerprint density at radius 3 is 2.61 bits per heavy atom. The number of likely N-dealkylation sites (tertiary alicyclic amines) is 1. The van der Waals surface area contributed by atoms with E-state index < -0.39 is 37.1 Å². The fourth-order valence-electron chi connectivity index (χ4n) is 1.83. The van der Waals surface area contributed by atoms with E-state index in [-0.39, 0.29) is 6.54 Å². The van der Waals surface area contributed by atoms with Gasteiger partial charge in [0.2, 0.25) is 5.91 Å². The Morgan fingerprint density at radius 2 is 2.06 bits per heavy atom. The van der Waals surface area contributed by atoms with Gasteiger partial charge in [-0.2, -0.15) is 13.2 Å². The molecule has 1 rings (SSSR count). The molecule has 18 heavy (non-hydrogen) atoms. The number of rotatable bonds is 4. The van der Waals surface area contributed by atoms with Gasteiger partial charge in [-0.15, -0.1) is 0 Å². The summed E-state index contributed by atoms with van der Waals surface area (Å²) in [6, 6.07) is 0. The molecule has 0 radical (unpaired) electrons. The van der Waals surface area contributed by atoms with Crippen molar-refractivity contribution in [2.45, 2.75) is 19.0 Å². The summed E-state index contributed by atoms with van der Waals surface area (Å²) >= 11 is 0. The standard InChI is InChI=1S/C10H15F3N2O3/c11-10(12,13)6-14-4-8(16)15-3-1-2-7(5-15)9(17)18/h7,14H,1-6H2,(H,17,18). The number of aliphatic carboxylic acids is 1. The zero-order valence-corrected chi connectivity index (χ0v) is 9.66. The highest BCUT2D eigenvalue weighted by Crippen LogP contribution is 2.16. The second-order valence-electron chi connectivity index (χ2n) is 4.24. The molecule has 0 bridgehead atoms. The van der Waals surface area contributed by atoms with Gasteiger partial charge in [0.1, 0.15) is 0 Å². The lowest BCUT2D eigenvalue weighted by Crippen LogP contribution is -2.46. The van der Waals surface area contributed by atoms with Crippen LogP contribution in [0.25, 0.3) is 0 Å². The zero-order chi connectivity index (χ0) is 13.8. The van der Waals surface area contributed by atoms with Crippen molar-refractivity contribution in [2.75, 3.05) is 26.2 Å².